The molecule has 1 aliphatic carbocycles. The average Bonchev–Trinajstić information content (AvgIpc) is 3.02. The van der Waals surface area contributed by atoms with Crippen molar-refractivity contribution < 1.29 is 14.0 Å². The Morgan fingerprint density at radius 3 is 2.88 bits per heavy atom. The summed E-state index contributed by atoms with van der Waals surface area (Å²) in [6.07, 6.45) is 6.68. The first-order valence-corrected chi connectivity index (χ1v) is 7.99. The van der Waals surface area contributed by atoms with Crippen molar-refractivity contribution in [2.45, 2.75) is 19.3 Å². The van der Waals surface area contributed by atoms with Crippen molar-refractivity contribution in [2.24, 2.45) is 5.92 Å². The first-order chi connectivity index (χ1) is 11.6. The number of carbonyl (C=O) groups excluding carboxylic acids is 2. The van der Waals surface area contributed by atoms with Gasteiger partial charge in [0, 0.05) is 19.0 Å². The monoisotopic (exact) mass is 330 g/mol. The summed E-state index contributed by atoms with van der Waals surface area (Å²) in [6.45, 7) is 0.665. The Bertz CT molecular complexity index is 784. The molecule has 3 rings (SSSR count). The highest BCUT2D eigenvalue weighted by Crippen LogP contribution is 2.17. The van der Waals surface area contributed by atoms with E-state index in [0.29, 0.717) is 24.1 Å². The number of H-pyrrole nitrogens is 1. The summed E-state index contributed by atoms with van der Waals surface area (Å²) in [6, 6.07) is 4.09. The number of aromatic nitrogens is 2. The number of rotatable bonds is 5. The molecule has 2 aromatic rings. The molecule has 1 aromatic heterocycles. The topological polar surface area (TPSA) is 86.9 Å². The number of allylic oxidation sites excluding steroid dienone is 2. The van der Waals surface area contributed by atoms with Crippen molar-refractivity contribution in [1.29, 1.82) is 0 Å². The van der Waals surface area contributed by atoms with E-state index in [9.17, 15) is 14.0 Å². The molecule has 0 saturated heterocycles. The van der Waals surface area contributed by atoms with Crippen molar-refractivity contribution in [3.63, 3.8) is 0 Å². The van der Waals surface area contributed by atoms with Crippen molar-refractivity contribution in [3.8, 4) is 0 Å². The highest BCUT2D eigenvalue weighted by molar-refractivity contribution is 5.94. The van der Waals surface area contributed by atoms with Crippen LogP contribution in [0.25, 0.3) is 11.0 Å². The smallest absolute Gasteiger partial charge is 0.287 e. The molecule has 3 N–H and O–H groups in total. The lowest BCUT2D eigenvalue weighted by Gasteiger charge is -2.17. The van der Waals surface area contributed by atoms with Gasteiger partial charge in [0.1, 0.15) is 5.82 Å². The predicted molar refractivity (Wildman–Crippen MR) is 87.9 cm³/mol. The summed E-state index contributed by atoms with van der Waals surface area (Å²) in [4.78, 5) is 30.9. The Balaban J connectivity index is 1.46. The van der Waals surface area contributed by atoms with Crippen LogP contribution in [0.4, 0.5) is 4.39 Å². The van der Waals surface area contributed by atoms with Crippen LogP contribution in [0.3, 0.4) is 0 Å². The number of carbonyl (C=O) groups is 2. The largest absolute Gasteiger partial charge is 0.354 e. The van der Waals surface area contributed by atoms with Crippen LogP contribution in [0, 0.1) is 11.7 Å². The van der Waals surface area contributed by atoms with Crippen molar-refractivity contribution in [2.75, 3.05) is 13.1 Å². The van der Waals surface area contributed by atoms with Gasteiger partial charge in [-0.15, -0.1) is 0 Å². The number of nitrogens with zero attached hydrogens (tertiary/aromatic N) is 1. The van der Waals surface area contributed by atoms with Crippen molar-refractivity contribution >= 4 is 22.8 Å². The Kier molecular flexibility index (Phi) is 4.88. The molecule has 1 aromatic carbocycles. The second-order valence-corrected chi connectivity index (χ2v) is 5.78. The van der Waals surface area contributed by atoms with E-state index in [1.807, 2.05) is 6.08 Å². The molecule has 0 aliphatic heterocycles. The van der Waals surface area contributed by atoms with Crippen LogP contribution in [-0.4, -0.2) is 34.9 Å². The molecule has 0 radical (unpaired) electrons. The molecule has 0 spiro atoms. The Morgan fingerprint density at radius 2 is 2.08 bits per heavy atom. The molecule has 1 heterocycles. The normalized spacial score (nSPS) is 17.0. The number of imidazole rings is 1. The first-order valence-electron chi connectivity index (χ1n) is 7.99. The van der Waals surface area contributed by atoms with E-state index in [0.717, 1.165) is 19.3 Å². The summed E-state index contributed by atoms with van der Waals surface area (Å²) in [5.74, 6) is -0.608. The van der Waals surface area contributed by atoms with Gasteiger partial charge in [0.25, 0.3) is 5.91 Å². The number of halogens is 1. The number of fused-ring (bicyclic) bond motifs is 1. The van der Waals surface area contributed by atoms with Crippen LogP contribution in [0.1, 0.15) is 29.9 Å². The molecule has 1 atom stereocenters. The minimum atomic E-state index is -0.390. The number of hydrogen-bond donors (Lipinski definition) is 3. The van der Waals surface area contributed by atoms with E-state index in [2.05, 4.69) is 26.7 Å². The van der Waals surface area contributed by atoms with Gasteiger partial charge < -0.3 is 15.6 Å². The number of aromatic amines is 1. The van der Waals surface area contributed by atoms with Gasteiger partial charge in [-0.1, -0.05) is 12.2 Å². The maximum Gasteiger partial charge on any atom is 0.287 e. The van der Waals surface area contributed by atoms with Gasteiger partial charge >= 0.3 is 0 Å². The summed E-state index contributed by atoms with van der Waals surface area (Å²) >= 11 is 0. The van der Waals surface area contributed by atoms with Gasteiger partial charge in [-0.25, -0.2) is 9.37 Å². The number of amides is 2. The predicted octanol–water partition coefficient (Wildman–Crippen LogP) is 1.90. The third-order valence-electron chi connectivity index (χ3n) is 4.01. The molecule has 1 unspecified atom stereocenters. The Hall–Kier alpha value is -2.70. The zero-order chi connectivity index (χ0) is 16.9. The maximum atomic E-state index is 13.1. The highest BCUT2D eigenvalue weighted by Gasteiger charge is 2.18. The third kappa shape index (κ3) is 3.79. The fourth-order valence-corrected chi connectivity index (χ4v) is 2.71. The van der Waals surface area contributed by atoms with Gasteiger partial charge in [0.2, 0.25) is 5.91 Å². The number of nitrogens with one attached hydrogen (secondary N) is 3. The molecule has 126 valence electrons. The molecular formula is C17H19FN4O2. The van der Waals surface area contributed by atoms with Gasteiger partial charge in [-0.3, -0.25) is 9.59 Å². The SMILES string of the molecule is O=C(NCCNC(=O)C1CC=CCC1)c1nc2ccc(F)cc2[nH]1. The van der Waals surface area contributed by atoms with Crippen LogP contribution >= 0.6 is 0 Å². The third-order valence-corrected chi connectivity index (χ3v) is 4.01. The van der Waals surface area contributed by atoms with Gasteiger partial charge in [-0.05, 0) is 37.5 Å². The zero-order valence-corrected chi connectivity index (χ0v) is 13.1. The van der Waals surface area contributed by atoms with Crippen LogP contribution in [-0.2, 0) is 4.79 Å². The number of benzene rings is 1. The van der Waals surface area contributed by atoms with E-state index in [4.69, 9.17) is 0 Å². The van der Waals surface area contributed by atoms with Crippen LogP contribution in [0.2, 0.25) is 0 Å². The number of hydrogen-bond acceptors (Lipinski definition) is 3. The highest BCUT2D eigenvalue weighted by atomic mass is 19.1. The minimum absolute atomic E-state index is 0.0211. The first kappa shape index (κ1) is 16.2. The van der Waals surface area contributed by atoms with Crippen molar-refractivity contribution in [1.82, 2.24) is 20.6 Å². The molecule has 0 saturated carbocycles. The van der Waals surface area contributed by atoms with Crippen LogP contribution in [0.5, 0.6) is 0 Å². The molecule has 0 fully saturated rings. The van der Waals surface area contributed by atoms with Gasteiger partial charge in [0.05, 0.1) is 11.0 Å². The minimum Gasteiger partial charge on any atom is -0.354 e. The summed E-state index contributed by atoms with van der Waals surface area (Å²) in [7, 11) is 0. The van der Waals surface area contributed by atoms with E-state index >= 15 is 0 Å². The van der Waals surface area contributed by atoms with E-state index < -0.39 is 5.82 Å². The Morgan fingerprint density at radius 1 is 1.25 bits per heavy atom. The van der Waals surface area contributed by atoms with Crippen LogP contribution in [0.15, 0.2) is 30.4 Å². The molecule has 24 heavy (non-hydrogen) atoms. The molecule has 6 nitrogen and oxygen atoms in total. The molecule has 0 bridgehead atoms. The quantitative estimate of drug-likeness (QED) is 0.578. The molecule has 1 aliphatic rings. The molecule has 7 heteroatoms. The molecular weight excluding hydrogens is 311 g/mol. The zero-order valence-electron chi connectivity index (χ0n) is 13.1. The lowest BCUT2D eigenvalue weighted by atomic mass is 9.94. The molecule has 2 amide bonds. The summed E-state index contributed by atoms with van der Waals surface area (Å²) < 4.78 is 13.1. The Labute approximate surface area is 138 Å². The fourth-order valence-electron chi connectivity index (χ4n) is 2.71. The standard InChI is InChI=1S/C17H19FN4O2/c18-12-6-7-13-14(10-12)22-15(21-13)17(24)20-9-8-19-16(23)11-4-2-1-3-5-11/h1-2,6-7,10-11H,3-5,8-9H2,(H,19,23)(H,20,24)(H,21,22). The fraction of sp³-hybridized carbons (Fsp3) is 0.353. The van der Waals surface area contributed by atoms with E-state index in [-0.39, 0.29) is 23.6 Å². The van der Waals surface area contributed by atoms with E-state index in [1.54, 1.807) is 0 Å². The second kappa shape index (κ2) is 7.25. The lowest BCUT2D eigenvalue weighted by Crippen LogP contribution is -2.38. The van der Waals surface area contributed by atoms with E-state index in [1.165, 1.54) is 18.2 Å². The maximum absolute atomic E-state index is 13.1. The van der Waals surface area contributed by atoms with Crippen molar-refractivity contribution in [3.05, 3.63) is 42.0 Å². The van der Waals surface area contributed by atoms with Gasteiger partial charge in [-0.2, -0.15) is 0 Å². The summed E-state index contributed by atoms with van der Waals surface area (Å²) in [5, 5.41) is 5.50. The average molecular weight is 330 g/mol. The lowest BCUT2D eigenvalue weighted by molar-refractivity contribution is -0.125. The van der Waals surface area contributed by atoms with Gasteiger partial charge in [0.15, 0.2) is 5.82 Å². The second-order valence-electron chi connectivity index (χ2n) is 5.78. The van der Waals surface area contributed by atoms with Crippen LogP contribution < -0.4 is 10.6 Å². The summed E-state index contributed by atoms with van der Waals surface area (Å²) in [5.41, 5.74) is 0.999.